The predicted molar refractivity (Wildman–Crippen MR) is 83.6 cm³/mol. The lowest BCUT2D eigenvalue weighted by Crippen LogP contribution is -2.24. The molecule has 1 fully saturated rings. The molecule has 1 aromatic rings. The third kappa shape index (κ3) is 3.67. The highest BCUT2D eigenvalue weighted by molar-refractivity contribution is 9.10. The van der Waals surface area contributed by atoms with E-state index in [9.17, 15) is 4.79 Å². The summed E-state index contributed by atoms with van der Waals surface area (Å²) in [5, 5.41) is 11.5. The lowest BCUT2D eigenvalue weighted by Gasteiger charge is -1.99. The number of nitrogens with zero attached hydrogens (tertiary/aromatic N) is 2. The van der Waals surface area contributed by atoms with Crippen molar-refractivity contribution in [3.63, 3.8) is 0 Å². The number of halogens is 1. The van der Waals surface area contributed by atoms with Crippen molar-refractivity contribution in [2.45, 2.75) is 25.5 Å². The van der Waals surface area contributed by atoms with Crippen LogP contribution in [-0.2, 0) is 4.79 Å². The molecule has 1 atom stereocenters. The van der Waals surface area contributed by atoms with Crippen molar-refractivity contribution in [3.05, 3.63) is 34.3 Å². The molecule has 1 aliphatic rings. The number of thioether (sulfide) groups is 1. The van der Waals surface area contributed by atoms with E-state index in [1.807, 2.05) is 38.1 Å². The molecule has 1 amide bonds. The third-order valence-electron chi connectivity index (χ3n) is 2.70. The standard InChI is InChI=1S/C13H14BrN3OS/c1-3-11-12(18)15-13(19-11)17-16-8(2)9-4-6-10(14)7-5-9/h4-7,11H,3H2,1-2H3,(H,15,17,18)/t11-/m1/s1. The third-order valence-corrected chi connectivity index (χ3v) is 4.47. The minimum atomic E-state index is -0.0399. The van der Waals surface area contributed by atoms with Gasteiger partial charge < -0.3 is 5.32 Å². The van der Waals surface area contributed by atoms with Crippen molar-refractivity contribution in [1.82, 2.24) is 5.32 Å². The molecule has 1 saturated heterocycles. The monoisotopic (exact) mass is 339 g/mol. The zero-order valence-electron chi connectivity index (χ0n) is 10.7. The van der Waals surface area contributed by atoms with E-state index in [2.05, 4.69) is 31.4 Å². The zero-order chi connectivity index (χ0) is 13.8. The van der Waals surface area contributed by atoms with Gasteiger partial charge in [-0.3, -0.25) is 4.79 Å². The molecule has 0 bridgehead atoms. The van der Waals surface area contributed by atoms with E-state index in [0.717, 1.165) is 22.2 Å². The Kier molecular flexibility index (Phi) is 4.76. The normalized spacial score (nSPS) is 21.8. The quantitative estimate of drug-likeness (QED) is 0.679. The lowest BCUT2D eigenvalue weighted by molar-refractivity contribution is -0.118. The molecule has 0 aromatic heterocycles. The summed E-state index contributed by atoms with van der Waals surface area (Å²) in [5.41, 5.74) is 1.82. The molecular formula is C13H14BrN3OS. The molecular weight excluding hydrogens is 326 g/mol. The van der Waals surface area contributed by atoms with Crippen LogP contribution in [0.5, 0.6) is 0 Å². The maximum Gasteiger partial charge on any atom is 0.239 e. The second-order valence-corrected chi connectivity index (χ2v) is 6.21. The maximum atomic E-state index is 11.5. The van der Waals surface area contributed by atoms with Crippen molar-refractivity contribution >= 4 is 44.5 Å². The number of amidine groups is 1. The number of carbonyl (C=O) groups is 1. The first-order valence-corrected chi connectivity index (χ1v) is 7.63. The smallest absolute Gasteiger partial charge is 0.239 e. The summed E-state index contributed by atoms with van der Waals surface area (Å²) in [6.45, 7) is 3.88. The Hall–Kier alpha value is -1.14. The fraction of sp³-hybridized carbons (Fsp3) is 0.308. The van der Waals surface area contributed by atoms with Crippen molar-refractivity contribution in [2.75, 3.05) is 0 Å². The first-order chi connectivity index (χ1) is 9.10. The van der Waals surface area contributed by atoms with Crippen LogP contribution in [0.1, 0.15) is 25.8 Å². The van der Waals surface area contributed by atoms with E-state index in [0.29, 0.717) is 5.17 Å². The Morgan fingerprint density at radius 3 is 2.68 bits per heavy atom. The average molecular weight is 340 g/mol. The summed E-state index contributed by atoms with van der Waals surface area (Å²) in [4.78, 5) is 11.5. The van der Waals surface area contributed by atoms with Gasteiger partial charge in [-0.2, -0.15) is 5.10 Å². The van der Waals surface area contributed by atoms with Gasteiger partial charge in [-0.25, -0.2) is 0 Å². The number of hydrogen-bond donors (Lipinski definition) is 1. The SMILES string of the molecule is CC[C@H]1SC(=NN=C(C)c2ccc(Br)cc2)NC1=O. The summed E-state index contributed by atoms with van der Waals surface area (Å²) in [5.74, 6) is 0.0164. The van der Waals surface area contributed by atoms with Gasteiger partial charge in [0.15, 0.2) is 5.17 Å². The molecule has 1 aliphatic heterocycles. The van der Waals surface area contributed by atoms with Crippen molar-refractivity contribution in [1.29, 1.82) is 0 Å². The van der Waals surface area contributed by atoms with E-state index in [1.165, 1.54) is 11.8 Å². The minimum absolute atomic E-state index is 0.0164. The van der Waals surface area contributed by atoms with Gasteiger partial charge in [0.05, 0.1) is 11.0 Å². The van der Waals surface area contributed by atoms with Gasteiger partial charge in [0.25, 0.3) is 0 Å². The Balaban J connectivity index is 2.10. The van der Waals surface area contributed by atoms with Crippen LogP contribution in [0.2, 0.25) is 0 Å². The first-order valence-electron chi connectivity index (χ1n) is 5.96. The van der Waals surface area contributed by atoms with Crippen LogP contribution in [0.4, 0.5) is 0 Å². The van der Waals surface area contributed by atoms with Gasteiger partial charge in [0, 0.05) is 4.47 Å². The molecule has 2 rings (SSSR count). The van der Waals surface area contributed by atoms with E-state index in [1.54, 1.807) is 0 Å². The van der Waals surface area contributed by atoms with Crippen molar-refractivity contribution in [2.24, 2.45) is 10.2 Å². The van der Waals surface area contributed by atoms with Gasteiger partial charge in [-0.1, -0.05) is 46.7 Å². The van der Waals surface area contributed by atoms with Crippen LogP contribution in [0.15, 0.2) is 38.9 Å². The largest absolute Gasteiger partial charge is 0.303 e. The van der Waals surface area contributed by atoms with E-state index in [4.69, 9.17) is 0 Å². The second kappa shape index (κ2) is 6.34. The highest BCUT2D eigenvalue weighted by Crippen LogP contribution is 2.22. The Labute approximate surface area is 124 Å². The molecule has 0 unspecified atom stereocenters. The predicted octanol–water partition coefficient (Wildman–Crippen LogP) is 3.17. The molecule has 0 radical (unpaired) electrons. The van der Waals surface area contributed by atoms with Gasteiger partial charge >= 0.3 is 0 Å². The number of hydrogen-bond acceptors (Lipinski definition) is 4. The molecule has 0 saturated carbocycles. The van der Waals surface area contributed by atoms with Gasteiger partial charge in [0.1, 0.15) is 0 Å². The van der Waals surface area contributed by atoms with Crippen LogP contribution in [0, 0.1) is 0 Å². The van der Waals surface area contributed by atoms with E-state index in [-0.39, 0.29) is 11.2 Å². The number of nitrogens with one attached hydrogen (secondary N) is 1. The number of rotatable bonds is 3. The zero-order valence-corrected chi connectivity index (χ0v) is 13.1. The fourth-order valence-corrected chi connectivity index (χ4v) is 2.70. The summed E-state index contributed by atoms with van der Waals surface area (Å²) in [6.07, 6.45) is 0.797. The Morgan fingerprint density at radius 1 is 1.42 bits per heavy atom. The summed E-state index contributed by atoms with van der Waals surface area (Å²) in [6, 6.07) is 7.86. The maximum absolute atomic E-state index is 11.5. The van der Waals surface area contributed by atoms with Gasteiger partial charge in [-0.15, -0.1) is 5.10 Å². The van der Waals surface area contributed by atoms with Crippen LogP contribution in [-0.4, -0.2) is 22.0 Å². The van der Waals surface area contributed by atoms with Crippen molar-refractivity contribution < 1.29 is 4.79 Å². The second-order valence-electron chi connectivity index (χ2n) is 4.10. The van der Waals surface area contributed by atoms with Crippen LogP contribution in [0.3, 0.4) is 0 Å². The molecule has 19 heavy (non-hydrogen) atoms. The van der Waals surface area contributed by atoms with Crippen LogP contribution >= 0.6 is 27.7 Å². The highest BCUT2D eigenvalue weighted by atomic mass is 79.9. The van der Waals surface area contributed by atoms with Crippen molar-refractivity contribution in [3.8, 4) is 0 Å². The van der Waals surface area contributed by atoms with Gasteiger partial charge in [0.2, 0.25) is 5.91 Å². The molecule has 6 heteroatoms. The molecule has 0 spiro atoms. The fourth-order valence-electron chi connectivity index (χ4n) is 1.59. The van der Waals surface area contributed by atoms with E-state index < -0.39 is 0 Å². The first kappa shape index (κ1) is 14.3. The molecule has 100 valence electrons. The lowest BCUT2D eigenvalue weighted by atomic mass is 10.1. The molecule has 1 heterocycles. The summed E-state index contributed by atoms with van der Waals surface area (Å²) in [7, 11) is 0. The Bertz CT molecular complexity index is 539. The topological polar surface area (TPSA) is 53.8 Å². The number of amides is 1. The average Bonchev–Trinajstić information content (AvgIpc) is 2.77. The van der Waals surface area contributed by atoms with Crippen LogP contribution in [0.25, 0.3) is 0 Å². The number of benzene rings is 1. The molecule has 0 aliphatic carbocycles. The van der Waals surface area contributed by atoms with Crippen LogP contribution < -0.4 is 5.32 Å². The molecule has 1 N–H and O–H groups in total. The Morgan fingerprint density at radius 2 is 2.11 bits per heavy atom. The van der Waals surface area contributed by atoms with Gasteiger partial charge in [-0.05, 0) is 31.0 Å². The molecule has 1 aromatic carbocycles. The van der Waals surface area contributed by atoms with E-state index >= 15 is 0 Å². The summed E-state index contributed by atoms with van der Waals surface area (Å²) >= 11 is 4.82. The highest BCUT2D eigenvalue weighted by Gasteiger charge is 2.28. The molecule has 4 nitrogen and oxygen atoms in total. The summed E-state index contributed by atoms with van der Waals surface area (Å²) < 4.78 is 1.03. The minimum Gasteiger partial charge on any atom is -0.303 e. The number of carbonyl (C=O) groups excluding carboxylic acids is 1.